The molecule has 0 saturated carbocycles. The summed E-state index contributed by atoms with van der Waals surface area (Å²) in [5.74, 6) is -0.257. The summed E-state index contributed by atoms with van der Waals surface area (Å²) in [6.45, 7) is 0. The summed E-state index contributed by atoms with van der Waals surface area (Å²) >= 11 is 0. The summed E-state index contributed by atoms with van der Waals surface area (Å²) in [6.07, 6.45) is 7.76. The van der Waals surface area contributed by atoms with E-state index in [4.69, 9.17) is 5.73 Å². The SMILES string of the molecule is NC1C=C(c2ccncc2F)CCC1. The Morgan fingerprint density at radius 1 is 1.50 bits per heavy atom. The number of nitrogens with two attached hydrogens (primary N) is 1. The van der Waals surface area contributed by atoms with E-state index < -0.39 is 0 Å². The van der Waals surface area contributed by atoms with Crippen LogP contribution in [0.15, 0.2) is 24.5 Å². The van der Waals surface area contributed by atoms with Crippen molar-refractivity contribution < 1.29 is 4.39 Å². The van der Waals surface area contributed by atoms with Crippen LogP contribution in [-0.4, -0.2) is 11.0 Å². The zero-order valence-electron chi connectivity index (χ0n) is 7.91. The van der Waals surface area contributed by atoms with Gasteiger partial charge in [-0.3, -0.25) is 4.98 Å². The van der Waals surface area contributed by atoms with Crippen LogP contribution in [0, 0.1) is 5.82 Å². The first-order valence-corrected chi connectivity index (χ1v) is 4.83. The van der Waals surface area contributed by atoms with Crippen LogP contribution >= 0.6 is 0 Å². The zero-order valence-corrected chi connectivity index (χ0v) is 7.91. The molecular weight excluding hydrogens is 179 g/mol. The smallest absolute Gasteiger partial charge is 0.148 e. The molecule has 1 aromatic heterocycles. The minimum Gasteiger partial charge on any atom is -0.324 e. The highest BCUT2D eigenvalue weighted by Crippen LogP contribution is 2.27. The molecule has 14 heavy (non-hydrogen) atoms. The molecule has 2 nitrogen and oxygen atoms in total. The van der Waals surface area contributed by atoms with Crippen LogP contribution in [-0.2, 0) is 0 Å². The summed E-state index contributed by atoms with van der Waals surface area (Å²) in [7, 11) is 0. The Kier molecular flexibility index (Phi) is 2.59. The molecule has 1 atom stereocenters. The number of hydrogen-bond donors (Lipinski definition) is 1. The molecule has 1 aliphatic rings. The molecule has 1 heterocycles. The van der Waals surface area contributed by atoms with E-state index in [2.05, 4.69) is 4.98 Å². The average molecular weight is 192 g/mol. The van der Waals surface area contributed by atoms with Gasteiger partial charge >= 0.3 is 0 Å². The van der Waals surface area contributed by atoms with Gasteiger partial charge in [0.2, 0.25) is 0 Å². The molecule has 1 aliphatic carbocycles. The maximum atomic E-state index is 13.4. The van der Waals surface area contributed by atoms with Crippen LogP contribution in [0.2, 0.25) is 0 Å². The van der Waals surface area contributed by atoms with E-state index >= 15 is 0 Å². The van der Waals surface area contributed by atoms with E-state index in [1.54, 1.807) is 12.3 Å². The van der Waals surface area contributed by atoms with Crippen molar-refractivity contribution in [2.75, 3.05) is 0 Å². The first-order chi connectivity index (χ1) is 6.77. The second kappa shape index (κ2) is 3.88. The molecule has 0 saturated heterocycles. The molecule has 0 radical (unpaired) electrons. The lowest BCUT2D eigenvalue weighted by molar-refractivity contribution is 0.609. The fourth-order valence-electron chi connectivity index (χ4n) is 1.81. The topological polar surface area (TPSA) is 38.9 Å². The Morgan fingerprint density at radius 2 is 2.36 bits per heavy atom. The van der Waals surface area contributed by atoms with Gasteiger partial charge in [-0.1, -0.05) is 6.08 Å². The van der Waals surface area contributed by atoms with Gasteiger partial charge in [0.1, 0.15) is 5.82 Å². The molecular formula is C11H13FN2. The first-order valence-electron chi connectivity index (χ1n) is 4.83. The second-order valence-electron chi connectivity index (χ2n) is 3.60. The quantitative estimate of drug-likeness (QED) is 0.740. The van der Waals surface area contributed by atoms with E-state index in [9.17, 15) is 4.39 Å². The third-order valence-electron chi connectivity index (χ3n) is 2.52. The molecule has 2 rings (SSSR count). The van der Waals surface area contributed by atoms with Gasteiger partial charge in [-0.2, -0.15) is 0 Å². The van der Waals surface area contributed by atoms with Crippen LogP contribution in [0.5, 0.6) is 0 Å². The van der Waals surface area contributed by atoms with Crippen molar-refractivity contribution >= 4 is 5.57 Å². The molecule has 0 amide bonds. The maximum Gasteiger partial charge on any atom is 0.148 e. The summed E-state index contributed by atoms with van der Waals surface area (Å²) < 4.78 is 13.4. The van der Waals surface area contributed by atoms with Crippen LogP contribution < -0.4 is 5.73 Å². The molecule has 2 N–H and O–H groups in total. The number of nitrogens with zero attached hydrogens (tertiary/aromatic N) is 1. The number of hydrogen-bond acceptors (Lipinski definition) is 2. The molecule has 74 valence electrons. The fourth-order valence-corrected chi connectivity index (χ4v) is 1.81. The lowest BCUT2D eigenvalue weighted by Gasteiger charge is -2.18. The molecule has 0 bridgehead atoms. The van der Waals surface area contributed by atoms with Crippen molar-refractivity contribution in [3.8, 4) is 0 Å². The molecule has 0 aromatic carbocycles. The lowest BCUT2D eigenvalue weighted by Crippen LogP contribution is -2.20. The molecule has 1 aromatic rings. The monoisotopic (exact) mass is 192 g/mol. The van der Waals surface area contributed by atoms with Gasteiger partial charge in [0, 0.05) is 17.8 Å². The van der Waals surface area contributed by atoms with Gasteiger partial charge in [-0.25, -0.2) is 4.39 Å². The molecule has 0 aliphatic heterocycles. The van der Waals surface area contributed by atoms with Gasteiger partial charge < -0.3 is 5.73 Å². The van der Waals surface area contributed by atoms with Crippen molar-refractivity contribution in [2.24, 2.45) is 5.73 Å². The minimum absolute atomic E-state index is 0.0753. The van der Waals surface area contributed by atoms with Gasteiger partial charge in [0.15, 0.2) is 0 Å². The lowest BCUT2D eigenvalue weighted by atomic mass is 9.92. The number of aromatic nitrogens is 1. The third-order valence-corrected chi connectivity index (χ3v) is 2.52. The predicted molar refractivity (Wildman–Crippen MR) is 54.0 cm³/mol. The zero-order chi connectivity index (χ0) is 9.97. The molecule has 0 fully saturated rings. The van der Waals surface area contributed by atoms with E-state index in [1.165, 1.54) is 6.20 Å². The summed E-state index contributed by atoms with van der Waals surface area (Å²) in [6, 6.07) is 1.78. The maximum absolute atomic E-state index is 13.4. The molecule has 1 unspecified atom stereocenters. The van der Waals surface area contributed by atoms with Crippen LogP contribution in [0.4, 0.5) is 4.39 Å². The summed E-state index contributed by atoms with van der Waals surface area (Å²) in [5, 5.41) is 0. The van der Waals surface area contributed by atoms with Crippen molar-refractivity contribution in [3.05, 3.63) is 35.9 Å². The normalized spacial score (nSPS) is 21.9. The number of allylic oxidation sites excluding steroid dienone is 1. The van der Waals surface area contributed by atoms with E-state index in [0.717, 1.165) is 24.8 Å². The number of pyridine rings is 1. The number of halogens is 1. The first kappa shape index (κ1) is 9.34. The Hall–Kier alpha value is -1.22. The average Bonchev–Trinajstić information content (AvgIpc) is 2.18. The van der Waals surface area contributed by atoms with Crippen molar-refractivity contribution in [2.45, 2.75) is 25.3 Å². The third kappa shape index (κ3) is 1.82. The van der Waals surface area contributed by atoms with Gasteiger partial charge in [-0.05, 0) is 30.9 Å². The predicted octanol–water partition coefficient (Wildman–Crippen LogP) is 2.12. The highest BCUT2D eigenvalue weighted by Gasteiger charge is 2.13. The molecule has 3 heteroatoms. The van der Waals surface area contributed by atoms with Crippen LogP contribution in [0.25, 0.3) is 5.57 Å². The Balaban J connectivity index is 2.35. The Bertz CT molecular complexity index is 360. The van der Waals surface area contributed by atoms with Crippen LogP contribution in [0.1, 0.15) is 24.8 Å². The van der Waals surface area contributed by atoms with E-state index in [1.807, 2.05) is 6.08 Å². The Labute approximate surface area is 82.7 Å². The second-order valence-corrected chi connectivity index (χ2v) is 3.60. The summed E-state index contributed by atoms with van der Waals surface area (Å²) in [5.41, 5.74) is 7.46. The highest BCUT2D eigenvalue weighted by molar-refractivity contribution is 5.66. The standard InChI is InChI=1S/C11H13FN2/c12-11-7-14-5-4-10(11)8-2-1-3-9(13)6-8/h4-7,9H,1-3,13H2. The highest BCUT2D eigenvalue weighted by atomic mass is 19.1. The van der Waals surface area contributed by atoms with Gasteiger partial charge in [0.25, 0.3) is 0 Å². The fraction of sp³-hybridized carbons (Fsp3) is 0.364. The van der Waals surface area contributed by atoms with E-state index in [-0.39, 0.29) is 11.9 Å². The van der Waals surface area contributed by atoms with E-state index in [0.29, 0.717) is 5.56 Å². The van der Waals surface area contributed by atoms with Crippen molar-refractivity contribution in [3.63, 3.8) is 0 Å². The van der Waals surface area contributed by atoms with Crippen molar-refractivity contribution in [1.29, 1.82) is 0 Å². The van der Waals surface area contributed by atoms with Crippen molar-refractivity contribution in [1.82, 2.24) is 4.98 Å². The summed E-state index contributed by atoms with van der Waals surface area (Å²) in [4.78, 5) is 3.73. The minimum atomic E-state index is -0.257. The molecule has 0 spiro atoms. The van der Waals surface area contributed by atoms with Crippen LogP contribution in [0.3, 0.4) is 0 Å². The Morgan fingerprint density at radius 3 is 3.07 bits per heavy atom. The largest absolute Gasteiger partial charge is 0.324 e. The number of rotatable bonds is 1. The van der Waals surface area contributed by atoms with Gasteiger partial charge in [0.05, 0.1) is 6.20 Å². The van der Waals surface area contributed by atoms with Gasteiger partial charge in [-0.15, -0.1) is 0 Å².